The smallest absolute Gasteiger partial charge is 0.255 e. The Balaban J connectivity index is 1.35. The highest BCUT2D eigenvalue weighted by molar-refractivity contribution is 8.01. The van der Waals surface area contributed by atoms with Crippen LogP contribution in [0.4, 0.5) is 11.4 Å². The van der Waals surface area contributed by atoms with Crippen LogP contribution in [0.3, 0.4) is 0 Å². The van der Waals surface area contributed by atoms with Crippen molar-refractivity contribution in [3.05, 3.63) is 77.9 Å². The minimum absolute atomic E-state index is 0.102. The first-order chi connectivity index (χ1) is 16.0. The molecule has 1 heterocycles. The van der Waals surface area contributed by atoms with E-state index in [1.54, 1.807) is 0 Å². The Hall–Kier alpha value is -3.36. The first-order valence-corrected chi connectivity index (χ1v) is 12.2. The maximum Gasteiger partial charge on any atom is 0.255 e. The number of thiazole rings is 1. The molecule has 0 spiro atoms. The summed E-state index contributed by atoms with van der Waals surface area (Å²) in [5.74, 6) is 0.783. The monoisotopic (exact) mass is 477 g/mol. The van der Waals surface area contributed by atoms with E-state index in [1.165, 1.54) is 23.1 Å². The Morgan fingerprint density at radius 1 is 1.00 bits per heavy atom. The second kappa shape index (κ2) is 10.5. The number of aromatic nitrogens is 1. The number of nitrogens with zero attached hydrogens (tertiary/aromatic N) is 1. The van der Waals surface area contributed by atoms with Gasteiger partial charge < -0.3 is 15.4 Å². The van der Waals surface area contributed by atoms with Gasteiger partial charge in [-0.05, 0) is 67.9 Å². The SMILES string of the molecule is CCOc1ccc(NC(=O)CSc2nc3ccc(NC(=O)c4ccccc4C)cc3s2)cc1. The second-order valence-corrected chi connectivity index (χ2v) is 9.48. The highest BCUT2D eigenvalue weighted by atomic mass is 32.2. The quantitative estimate of drug-likeness (QED) is 0.305. The normalized spacial score (nSPS) is 10.7. The number of thioether (sulfide) groups is 1. The third kappa shape index (κ3) is 5.91. The van der Waals surface area contributed by atoms with Crippen LogP contribution >= 0.6 is 23.1 Å². The molecule has 0 saturated heterocycles. The molecule has 2 amide bonds. The van der Waals surface area contributed by atoms with Crippen molar-refractivity contribution >= 4 is 56.5 Å². The number of rotatable bonds is 8. The third-order valence-electron chi connectivity index (χ3n) is 4.79. The summed E-state index contributed by atoms with van der Waals surface area (Å²) in [6.07, 6.45) is 0. The number of hydrogen-bond acceptors (Lipinski definition) is 6. The van der Waals surface area contributed by atoms with Crippen LogP contribution in [0.25, 0.3) is 10.2 Å². The van der Waals surface area contributed by atoms with Crippen molar-refractivity contribution in [2.24, 2.45) is 0 Å². The number of ether oxygens (including phenoxy) is 1. The van der Waals surface area contributed by atoms with Gasteiger partial charge in [-0.25, -0.2) is 4.98 Å². The molecule has 0 fully saturated rings. The van der Waals surface area contributed by atoms with Gasteiger partial charge in [0.1, 0.15) is 5.75 Å². The first-order valence-electron chi connectivity index (χ1n) is 10.4. The average molecular weight is 478 g/mol. The van der Waals surface area contributed by atoms with Crippen molar-refractivity contribution < 1.29 is 14.3 Å². The van der Waals surface area contributed by atoms with Gasteiger partial charge in [0, 0.05) is 16.9 Å². The number of carbonyl (C=O) groups excluding carboxylic acids is 2. The van der Waals surface area contributed by atoms with E-state index in [4.69, 9.17) is 4.74 Å². The lowest BCUT2D eigenvalue weighted by Crippen LogP contribution is -2.13. The molecule has 168 valence electrons. The summed E-state index contributed by atoms with van der Waals surface area (Å²) in [5, 5.41) is 5.83. The van der Waals surface area contributed by atoms with Gasteiger partial charge in [-0.2, -0.15) is 0 Å². The molecule has 4 rings (SSSR count). The molecule has 8 heteroatoms. The molecule has 0 bridgehead atoms. The van der Waals surface area contributed by atoms with Gasteiger partial charge in [0.25, 0.3) is 5.91 Å². The van der Waals surface area contributed by atoms with Crippen LogP contribution in [0.1, 0.15) is 22.8 Å². The van der Waals surface area contributed by atoms with E-state index in [9.17, 15) is 9.59 Å². The molecule has 1 aromatic heterocycles. The van der Waals surface area contributed by atoms with Gasteiger partial charge in [-0.3, -0.25) is 9.59 Å². The zero-order valence-electron chi connectivity index (χ0n) is 18.3. The predicted octanol–water partition coefficient (Wildman–Crippen LogP) is 5.99. The lowest BCUT2D eigenvalue weighted by atomic mass is 10.1. The summed E-state index contributed by atoms with van der Waals surface area (Å²) in [5.41, 5.74) is 3.85. The Morgan fingerprint density at radius 2 is 1.76 bits per heavy atom. The fourth-order valence-corrected chi connectivity index (χ4v) is 5.10. The van der Waals surface area contributed by atoms with Crippen molar-refractivity contribution in [1.82, 2.24) is 4.98 Å². The van der Waals surface area contributed by atoms with Crippen molar-refractivity contribution in [2.45, 2.75) is 18.2 Å². The molecular formula is C25H23N3O3S2. The average Bonchev–Trinajstić information content (AvgIpc) is 3.22. The topological polar surface area (TPSA) is 80.3 Å². The second-order valence-electron chi connectivity index (χ2n) is 7.23. The Morgan fingerprint density at radius 3 is 2.52 bits per heavy atom. The van der Waals surface area contributed by atoms with E-state index in [-0.39, 0.29) is 17.6 Å². The predicted molar refractivity (Wildman–Crippen MR) is 136 cm³/mol. The van der Waals surface area contributed by atoms with Gasteiger partial charge in [0.15, 0.2) is 4.34 Å². The fourth-order valence-electron chi connectivity index (χ4n) is 3.19. The molecule has 2 N–H and O–H groups in total. The lowest BCUT2D eigenvalue weighted by molar-refractivity contribution is -0.113. The van der Waals surface area contributed by atoms with Gasteiger partial charge >= 0.3 is 0 Å². The highest BCUT2D eigenvalue weighted by Gasteiger charge is 2.12. The zero-order valence-corrected chi connectivity index (χ0v) is 19.9. The largest absolute Gasteiger partial charge is 0.494 e. The number of fused-ring (bicyclic) bond motifs is 1. The molecule has 0 saturated carbocycles. The van der Waals surface area contributed by atoms with E-state index in [0.29, 0.717) is 17.9 Å². The van der Waals surface area contributed by atoms with Crippen LogP contribution in [-0.4, -0.2) is 29.2 Å². The Kier molecular flexibility index (Phi) is 7.26. The van der Waals surface area contributed by atoms with Crippen molar-refractivity contribution in [3.63, 3.8) is 0 Å². The Bertz CT molecular complexity index is 1290. The molecule has 4 aromatic rings. The van der Waals surface area contributed by atoms with Gasteiger partial charge in [-0.1, -0.05) is 30.0 Å². The zero-order chi connectivity index (χ0) is 23.2. The summed E-state index contributed by atoms with van der Waals surface area (Å²) in [6.45, 7) is 4.44. The van der Waals surface area contributed by atoms with Gasteiger partial charge in [0.2, 0.25) is 5.91 Å². The minimum Gasteiger partial charge on any atom is -0.494 e. The van der Waals surface area contributed by atoms with Gasteiger partial charge in [0.05, 0.1) is 22.6 Å². The Labute approximate surface area is 200 Å². The molecule has 0 aliphatic heterocycles. The van der Waals surface area contributed by atoms with Crippen molar-refractivity contribution in [3.8, 4) is 5.75 Å². The fraction of sp³-hybridized carbons (Fsp3) is 0.160. The number of aryl methyl sites for hydroxylation is 1. The van der Waals surface area contributed by atoms with E-state index < -0.39 is 0 Å². The van der Waals surface area contributed by atoms with Crippen LogP contribution in [0.2, 0.25) is 0 Å². The molecule has 0 radical (unpaired) electrons. The summed E-state index contributed by atoms with van der Waals surface area (Å²) >= 11 is 2.88. The molecule has 0 unspecified atom stereocenters. The summed E-state index contributed by atoms with van der Waals surface area (Å²) in [4.78, 5) is 29.5. The summed E-state index contributed by atoms with van der Waals surface area (Å²) < 4.78 is 7.16. The maximum absolute atomic E-state index is 12.6. The first kappa shape index (κ1) is 22.8. The number of nitrogens with one attached hydrogen (secondary N) is 2. The number of benzene rings is 3. The third-order valence-corrected chi connectivity index (χ3v) is 6.95. The maximum atomic E-state index is 12.6. The van der Waals surface area contributed by atoms with E-state index in [1.807, 2.05) is 80.6 Å². The van der Waals surface area contributed by atoms with Crippen LogP contribution in [0.15, 0.2) is 71.1 Å². The molecule has 33 heavy (non-hydrogen) atoms. The minimum atomic E-state index is -0.141. The van der Waals surface area contributed by atoms with Crippen LogP contribution in [0.5, 0.6) is 5.75 Å². The van der Waals surface area contributed by atoms with Crippen molar-refractivity contribution in [1.29, 1.82) is 0 Å². The lowest BCUT2D eigenvalue weighted by Gasteiger charge is -2.07. The van der Waals surface area contributed by atoms with Crippen LogP contribution < -0.4 is 15.4 Å². The van der Waals surface area contributed by atoms with Crippen molar-refractivity contribution in [2.75, 3.05) is 23.0 Å². The van der Waals surface area contributed by atoms with Crippen LogP contribution in [0, 0.1) is 6.92 Å². The molecule has 0 atom stereocenters. The highest BCUT2D eigenvalue weighted by Crippen LogP contribution is 2.31. The van der Waals surface area contributed by atoms with Gasteiger partial charge in [-0.15, -0.1) is 11.3 Å². The number of anilines is 2. The standard InChI is InChI=1S/C25H23N3O3S2/c1-3-31-19-11-8-17(9-12-19)26-23(29)15-32-25-28-21-13-10-18(14-22(21)33-25)27-24(30)20-7-5-4-6-16(20)2/h4-14H,3,15H2,1-2H3,(H,26,29)(H,27,30). The van der Waals surface area contributed by atoms with Crippen LogP contribution in [-0.2, 0) is 4.79 Å². The van der Waals surface area contributed by atoms with E-state index in [2.05, 4.69) is 15.6 Å². The molecule has 0 aliphatic rings. The molecular weight excluding hydrogens is 454 g/mol. The number of carbonyl (C=O) groups is 2. The number of hydrogen-bond donors (Lipinski definition) is 2. The summed E-state index contributed by atoms with van der Waals surface area (Å²) in [6, 6.07) is 20.4. The molecule has 6 nitrogen and oxygen atoms in total. The van der Waals surface area contributed by atoms with E-state index >= 15 is 0 Å². The molecule has 0 aliphatic carbocycles. The number of amides is 2. The van der Waals surface area contributed by atoms with E-state index in [0.717, 1.165) is 31.6 Å². The molecule has 3 aromatic carbocycles. The summed E-state index contributed by atoms with van der Waals surface area (Å²) in [7, 11) is 0.